The summed E-state index contributed by atoms with van der Waals surface area (Å²) in [5, 5.41) is 15.9. The van der Waals surface area contributed by atoms with E-state index in [1.165, 1.54) is 12.1 Å². The molecule has 0 saturated heterocycles. The predicted octanol–water partition coefficient (Wildman–Crippen LogP) is 3.53. The van der Waals surface area contributed by atoms with E-state index in [9.17, 15) is 23.1 Å². The van der Waals surface area contributed by atoms with Gasteiger partial charge in [-0.05, 0) is 62.3 Å². The molecule has 2 heterocycles. The highest BCUT2D eigenvalue weighted by Gasteiger charge is 2.28. The molecule has 9 nitrogen and oxygen atoms in total. The molecule has 1 aliphatic heterocycles. The van der Waals surface area contributed by atoms with Crippen LogP contribution in [0.3, 0.4) is 0 Å². The summed E-state index contributed by atoms with van der Waals surface area (Å²) in [6, 6.07) is 13.6. The standard InChI is InChI=1S/C30H36N4O5S/c1-5-34(6-2)17-22(35)16-31-30(37)28-19(3)27(32-20(28)4)15-25-24-14-23(12-13-26(24)33-29(25)36)40(38,39)18-21-10-8-7-9-11-21/h7-15,22,32,35H,5-6,16-18H2,1-4H3,(H,31,37)(H,33,36)/b25-15-. The van der Waals surface area contributed by atoms with Crippen LogP contribution in [0, 0.1) is 13.8 Å². The highest BCUT2D eigenvalue weighted by Crippen LogP contribution is 2.36. The second-order valence-corrected chi connectivity index (χ2v) is 12.0. The van der Waals surface area contributed by atoms with Gasteiger partial charge in [-0.1, -0.05) is 44.2 Å². The SMILES string of the molecule is CCN(CC)CC(O)CNC(=O)c1c(C)[nH]c(/C=C2\C(=O)Nc3ccc(S(=O)(=O)Cc4ccccc4)cc32)c1C. The number of aliphatic hydroxyl groups excluding tert-OH is 1. The lowest BCUT2D eigenvalue weighted by Gasteiger charge is -2.22. The van der Waals surface area contributed by atoms with Crippen molar-refractivity contribution in [1.29, 1.82) is 0 Å². The lowest BCUT2D eigenvalue weighted by molar-refractivity contribution is -0.110. The molecule has 1 aliphatic rings. The fraction of sp³-hybridized carbons (Fsp3) is 0.333. The molecule has 1 aromatic heterocycles. The van der Waals surface area contributed by atoms with Gasteiger partial charge in [-0.2, -0.15) is 0 Å². The van der Waals surface area contributed by atoms with E-state index in [0.29, 0.717) is 51.4 Å². The van der Waals surface area contributed by atoms with Gasteiger partial charge in [0.05, 0.1) is 27.9 Å². The van der Waals surface area contributed by atoms with Gasteiger partial charge in [0.1, 0.15) is 0 Å². The first-order chi connectivity index (χ1) is 19.0. The van der Waals surface area contributed by atoms with E-state index in [4.69, 9.17) is 0 Å². The summed E-state index contributed by atoms with van der Waals surface area (Å²) in [5.74, 6) is -0.825. The lowest BCUT2D eigenvalue weighted by atomic mass is 10.0. The van der Waals surface area contributed by atoms with Gasteiger partial charge in [-0.3, -0.25) is 9.59 Å². The molecule has 2 amide bonds. The number of fused-ring (bicyclic) bond motifs is 1. The lowest BCUT2D eigenvalue weighted by Crippen LogP contribution is -2.40. The Morgan fingerprint density at radius 3 is 2.48 bits per heavy atom. The molecule has 0 saturated carbocycles. The maximum atomic E-state index is 13.1. The smallest absolute Gasteiger partial charge is 0.256 e. The fourth-order valence-electron chi connectivity index (χ4n) is 4.93. The van der Waals surface area contributed by atoms with Gasteiger partial charge in [-0.15, -0.1) is 0 Å². The molecule has 2 aromatic carbocycles. The van der Waals surface area contributed by atoms with Crippen molar-refractivity contribution in [2.45, 2.75) is 44.4 Å². The third kappa shape index (κ3) is 6.35. The molecule has 4 N–H and O–H groups in total. The van der Waals surface area contributed by atoms with Crippen LogP contribution in [-0.4, -0.2) is 67.5 Å². The number of likely N-dealkylation sites (N-methyl/N-ethyl adjacent to an activating group) is 1. The highest BCUT2D eigenvalue weighted by molar-refractivity contribution is 7.90. The van der Waals surface area contributed by atoms with Gasteiger partial charge in [0.15, 0.2) is 9.84 Å². The van der Waals surface area contributed by atoms with Gasteiger partial charge in [0.2, 0.25) is 0 Å². The number of rotatable bonds is 11. The third-order valence-corrected chi connectivity index (χ3v) is 8.87. The Morgan fingerprint density at radius 2 is 1.80 bits per heavy atom. The number of sulfone groups is 1. The van der Waals surface area contributed by atoms with E-state index < -0.39 is 15.9 Å². The van der Waals surface area contributed by atoms with Crippen LogP contribution < -0.4 is 10.6 Å². The number of aliphatic hydroxyl groups is 1. The molecule has 212 valence electrons. The summed E-state index contributed by atoms with van der Waals surface area (Å²) < 4.78 is 26.3. The van der Waals surface area contributed by atoms with Crippen molar-refractivity contribution in [2.75, 3.05) is 31.5 Å². The van der Waals surface area contributed by atoms with Crippen molar-refractivity contribution < 1.29 is 23.1 Å². The first-order valence-corrected chi connectivity index (χ1v) is 15.0. The molecule has 1 unspecified atom stereocenters. The summed E-state index contributed by atoms with van der Waals surface area (Å²) in [6.45, 7) is 9.80. The number of hydrogen-bond acceptors (Lipinski definition) is 6. The van der Waals surface area contributed by atoms with Crippen LogP contribution in [-0.2, 0) is 20.4 Å². The zero-order valence-electron chi connectivity index (χ0n) is 23.2. The Bertz CT molecular complexity index is 1540. The normalized spacial score (nSPS) is 14.8. The van der Waals surface area contributed by atoms with E-state index in [0.717, 1.165) is 13.1 Å². The van der Waals surface area contributed by atoms with Crippen LogP contribution in [0.2, 0.25) is 0 Å². The first kappa shape index (κ1) is 29.3. The van der Waals surface area contributed by atoms with E-state index in [1.807, 2.05) is 19.9 Å². The number of carbonyl (C=O) groups excluding carboxylic acids is 2. The minimum Gasteiger partial charge on any atom is -0.390 e. The minimum atomic E-state index is -3.65. The Hall–Kier alpha value is -3.73. The van der Waals surface area contributed by atoms with Crippen molar-refractivity contribution >= 4 is 39.0 Å². The van der Waals surface area contributed by atoms with Crippen LogP contribution in [0.4, 0.5) is 5.69 Å². The van der Waals surface area contributed by atoms with Gasteiger partial charge >= 0.3 is 0 Å². The Kier molecular flexibility index (Phi) is 8.92. The van der Waals surface area contributed by atoms with Crippen LogP contribution in [0.15, 0.2) is 53.4 Å². The average Bonchev–Trinajstić information content (AvgIpc) is 3.39. The molecule has 1 atom stereocenters. The Morgan fingerprint density at radius 1 is 1.10 bits per heavy atom. The topological polar surface area (TPSA) is 132 Å². The van der Waals surface area contributed by atoms with Crippen molar-refractivity contribution in [3.8, 4) is 0 Å². The number of H-pyrrole nitrogens is 1. The van der Waals surface area contributed by atoms with Crippen molar-refractivity contribution in [1.82, 2.24) is 15.2 Å². The maximum absolute atomic E-state index is 13.1. The predicted molar refractivity (Wildman–Crippen MR) is 157 cm³/mol. The fourth-order valence-corrected chi connectivity index (χ4v) is 6.30. The van der Waals surface area contributed by atoms with Gasteiger partial charge < -0.3 is 25.6 Å². The molecular weight excluding hydrogens is 528 g/mol. The number of aromatic nitrogens is 1. The molecule has 0 radical (unpaired) electrons. The molecule has 0 fully saturated rings. The quantitative estimate of drug-likeness (QED) is 0.264. The maximum Gasteiger partial charge on any atom is 0.256 e. The molecule has 0 spiro atoms. The number of nitrogens with one attached hydrogen (secondary N) is 3. The number of benzene rings is 2. The summed E-state index contributed by atoms with van der Waals surface area (Å²) in [7, 11) is -3.65. The number of anilines is 1. The second kappa shape index (κ2) is 12.2. The summed E-state index contributed by atoms with van der Waals surface area (Å²) in [4.78, 5) is 31.3. The molecular formula is C30H36N4O5S. The number of aromatic amines is 1. The molecule has 10 heteroatoms. The minimum absolute atomic E-state index is 0.117. The van der Waals surface area contributed by atoms with E-state index >= 15 is 0 Å². The zero-order valence-corrected chi connectivity index (χ0v) is 24.1. The van der Waals surface area contributed by atoms with E-state index in [1.54, 1.807) is 50.3 Å². The van der Waals surface area contributed by atoms with Gasteiger partial charge in [0.25, 0.3) is 11.8 Å². The molecule has 4 rings (SSSR count). The van der Waals surface area contributed by atoms with Gasteiger partial charge in [-0.25, -0.2) is 8.42 Å². The van der Waals surface area contributed by atoms with Gasteiger partial charge in [0, 0.05) is 35.7 Å². The van der Waals surface area contributed by atoms with Crippen molar-refractivity contribution in [2.24, 2.45) is 0 Å². The molecule has 3 aromatic rings. The van der Waals surface area contributed by atoms with Crippen LogP contribution in [0.5, 0.6) is 0 Å². The van der Waals surface area contributed by atoms with Crippen LogP contribution in [0.25, 0.3) is 11.6 Å². The van der Waals surface area contributed by atoms with Crippen LogP contribution in [0.1, 0.15) is 52.3 Å². The Balaban J connectivity index is 1.57. The number of amides is 2. The monoisotopic (exact) mass is 564 g/mol. The van der Waals surface area contributed by atoms with Crippen LogP contribution >= 0.6 is 0 Å². The number of nitrogens with zero attached hydrogens (tertiary/aromatic N) is 1. The number of carbonyl (C=O) groups is 2. The third-order valence-electron chi connectivity index (χ3n) is 7.19. The largest absolute Gasteiger partial charge is 0.390 e. The number of aryl methyl sites for hydroxylation is 1. The second-order valence-electron chi connectivity index (χ2n) is 9.98. The van der Waals surface area contributed by atoms with E-state index in [-0.39, 0.29) is 29.0 Å². The first-order valence-electron chi connectivity index (χ1n) is 13.4. The Labute approximate surface area is 235 Å². The summed E-state index contributed by atoms with van der Waals surface area (Å²) in [6.07, 6.45) is 0.944. The summed E-state index contributed by atoms with van der Waals surface area (Å²) >= 11 is 0. The zero-order chi connectivity index (χ0) is 29.0. The molecule has 0 bridgehead atoms. The number of hydrogen-bond donors (Lipinski definition) is 4. The average molecular weight is 565 g/mol. The van der Waals surface area contributed by atoms with Crippen molar-refractivity contribution in [3.05, 3.63) is 82.2 Å². The molecule has 40 heavy (non-hydrogen) atoms. The molecule has 0 aliphatic carbocycles. The van der Waals surface area contributed by atoms with E-state index in [2.05, 4.69) is 20.5 Å². The summed E-state index contributed by atoms with van der Waals surface area (Å²) in [5.41, 5.74) is 4.27. The highest BCUT2D eigenvalue weighted by atomic mass is 32.2. The van der Waals surface area contributed by atoms with Crippen molar-refractivity contribution in [3.63, 3.8) is 0 Å².